The third-order valence-corrected chi connectivity index (χ3v) is 2.39. The first kappa shape index (κ1) is 10.8. The molecular weight excluding hydrogens is 210 g/mol. The summed E-state index contributed by atoms with van der Waals surface area (Å²) in [5.74, 6) is -0.158. The largest absolute Gasteiger partial charge is 0.460 e. The van der Waals surface area contributed by atoms with Crippen molar-refractivity contribution in [2.45, 2.75) is 6.42 Å². The molecule has 1 fully saturated rings. The number of hydrogen-bond acceptors (Lipinski definition) is 6. The minimum absolute atomic E-state index is 0.0708. The maximum atomic E-state index is 11.6. The zero-order valence-electron chi connectivity index (χ0n) is 8.76. The first-order valence-electron chi connectivity index (χ1n) is 5.08. The molecule has 86 valence electrons. The molecule has 0 aromatic carbocycles. The highest BCUT2D eigenvalue weighted by atomic mass is 16.5. The molecule has 0 bridgehead atoms. The smallest absolute Gasteiger partial charge is 0.360 e. The van der Waals surface area contributed by atoms with Gasteiger partial charge in [0.05, 0.1) is 13.2 Å². The Hall–Kier alpha value is -1.69. The van der Waals surface area contributed by atoms with Crippen LogP contribution in [0.4, 0.5) is 5.82 Å². The van der Waals surface area contributed by atoms with Gasteiger partial charge in [-0.3, -0.25) is 0 Å². The van der Waals surface area contributed by atoms with Crippen molar-refractivity contribution in [2.24, 2.45) is 5.92 Å². The molecule has 16 heavy (non-hydrogen) atoms. The van der Waals surface area contributed by atoms with Gasteiger partial charge >= 0.3 is 5.97 Å². The van der Waals surface area contributed by atoms with Crippen molar-refractivity contribution < 1.29 is 14.3 Å². The van der Waals surface area contributed by atoms with E-state index in [0.717, 1.165) is 13.0 Å². The third-order valence-electron chi connectivity index (χ3n) is 2.39. The molecule has 1 aromatic rings. The molecule has 1 unspecified atom stereocenters. The Morgan fingerprint density at radius 3 is 3.06 bits per heavy atom. The predicted molar refractivity (Wildman–Crippen MR) is 55.7 cm³/mol. The summed E-state index contributed by atoms with van der Waals surface area (Å²) in [5, 5.41) is 0. The SMILES string of the molecule is Nc1nccnc1C(=O)OCC1CCOC1. The van der Waals surface area contributed by atoms with Crippen molar-refractivity contribution in [1.82, 2.24) is 9.97 Å². The number of nitrogens with zero attached hydrogens (tertiary/aromatic N) is 2. The molecule has 0 spiro atoms. The summed E-state index contributed by atoms with van der Waals surface area (Å²) in [6.45, 7) is 1.72. The molecule has 2 rings (SSSR count). The van der Waals surface area contributed by atoms with E-state index in [0.29, 0.717) is 13.2 Å². The second-order valence-electron chi connectivity index (χ2n) is 3.62. The standard InChI is InChI=1S/C10H13N3O3/c11-9-8(12-2-3-13-9)10(14)16-6-7-1-4-15-5-7/h2-3,7H,1,4-6H2,(H2,11,13). The zero-order valence-corrected chi connectivity index (χ0v) is 8.76. The highest BCUT2D eigenvalue weighted by Gasteiger charge is 2.19. The van der Waals surface area contributed by atoms with Crippen LogP contribution in [0, 0.1) is 5.92 Å². The van der Waals surface area contributed by atoms with Crippen molar-refractivity contribution in [3.63, 3.8) is 0 Å². The Morgan fingerprint density at radius 1 is 1.56 bits per heavy atom. The van der Waals surface area contributed by atoms with Gasteiger partial charge in [-0.2, -0.15) is 0 Å². The number of hydrogen-bond donors (Lipinski definition) is 1. The Labute approximate surface area is 92.8 Å². The van der Waals surface area contributed by atoms with Gasteiger partial charge in [0, 0.05) is 24.9 Å². The van der Waals surface area contributed by atoms with E-state index in [1.807, 2.05) is 0 Å². The molecule has 2 heterocycles. The highest BCUT2D eigenvalue weighted by molar-refractivity contribution is 5.91. The normalized spacial score (nSPS) is 19.6. The lowest BCUT2D eigenvalue weighted by Gasteiger charge is -2.08. The number of nitrogen functional groups attached to an aromatic ring is 1. The first-order chi connectivity index (χ1) is 7.77. The van der Waals surface area contributed by atoms with Crippen LogP contribution in [0.3, 0.4) is 0 Å². The van der Waals surface area contributed by atoms with Gasteiger partial charge < -0.3 is 15.2 Å². The summed E-state index contributed by atoms with van der Waals surface area (Å²) in [4.78, 5) is 19.2. The second kappa shape index (κ2) is 4.89. The lowest BCUT2D eigenvalue weighted by molar-refractivity contribution is 0.0422. The topological polar surface area (TPSA) is 87.3 Å². The third kappa shape index (κ3) is 2.46. The van der Waals surface area contributed by atoms with E-state index in [1.54, 1.807) is 0 Å². The molecule has 1 atom stereocenters. The molecule has 1 aliphatic heterocycles. The molecule has 0 saturated carbocycles. The number of rotatable bonds is 3. The average molecular weight is 223 g/mol. The summed E-state index contributed by atoms with van der Waals surface area (Å²) in [7, 11) is 0. The second-order valence-corrected chi connectivity index (χ2v) is 3.62. The lowest BCUT2D eigenvalue weighted by Crippen LogP contribution is -2.17. The van der Waals surface area contributed by atoms with Crippen LogP contribution in [0.15, 0.2) is 12.4 Å². The van der Waals surface area contributed by atoms with E-state index < -0.39 is 5.97 Å². The summed E-state index contributed by atoms with van der Waals surface area (Å²) in [6, 6.07) is 0. The molecule has 0 radical (unpaired) electrons. The van der Waals surface area contributed by atoms with Crippen molar-refractivity contribution in [2.75, 3.05) is 25.6 Å². The number of anilines is 1. The van der Waals surface area contributed by atoms with Crippen LogP contribution in [-0.2, 0) is 9.47 Å². The maximum absolute atomic E-state index is 11.6. The number of carbonyl (C=O) groups excluding carboxylic acids is 1. The number of carbonyl (C=O) groups is 1. The van der Waals surface area contributed by atoms with Gasteiger partial charge in [-0.15, -0.1) is 0 Å². The van der Waals surface area contributed by atoms with Gasteiger partial charge in [-0.1, -0.05) is 0 Å². The monoisotopic (exact) mass is 223 g/mol. The molecule has 2 N–H and O–H groups in total. The van der Waals surface area contributed by atoms with Crippen LogP contribution in [0.2, 0.25) is 0 Å². The van der Waals surface area contributed by atoms with Crippen molar-refractivity contribution >= 4 is 11.8 Å². The highest BCUT2D eigenvalue weighted by Crippen LogP contribution is 2.13. The minimum atomic E-state index is -0.530. The average Bonchev–Trinajstić information content (AvgIpc) is 2.79. The molecule has 6 nitrogen and oxygen atoms in total. The Kier molecular flexibility index (Phi) is 3.31. The molecule has 6 heteroatoms. The number of nitrogens with two attached hydrogens (primary N) is 1. The van der Waals surface area contributed by atoms with Crippen molar-refractivity contribution in [3.05, 3.63) is 18.1 Å². The molecular formula is C10H13N3O3. The summed E-state index contributed by atoms with van der Waals surface area (Å²) in [6.07, 6.45) is 3.76. The van der Waals surface area contributed by atoms with Gasteiger partial charge in [-0.25, -0.2) is 14.8 Å². The van der Waals surface area contributed by atoms with Crippen LogP contribution in [0.5, 0.6) is 0 Å². The Balaban J connectivity index is 1.90. The quantitative estimate of drug-likeness (QED) is 0.739. The number of esters is 1. The van der Waals surface area contributed by atoms with Gasteiger partial charge in [-0.05, 0) is 6.42 Å². The minimum Gasteiger partial charge on any atom is -0.460 e. The van der Waals surface area contributed by atoms with Crippen LogP contribution in [-0.4, -0.2) is 35.8 Å². The predicted octanol–water partition coefficient (Wildman–Crippen LogP) is 0.252. The van der Waals surface area contributed by atoms with E-state index in [-0.39, 0.29) is 17.4 Å². The van der Waals surface area contributed by atoms with Crippen molar-refractivity contribution in [3.8, 4) is 0 Å². The Bertz CT molecular complexity index is 377. The van der Waals surface area contributed by atoms with Crippen LogP contribution in [0.1, 0.15) is 16.9 Å². The number of aromatic nitrogens is 2. The fraction of sp³-hybridized carbons (Fsp3) is 0.500. The molecule has 0 aliphatic carbocycles. The maximum Gasteiger partial charge on any atom is 0.360 e. The van der Waals surface area contributed by atoms with Gasteiger partial charge in [0.25, 0.3) is 0 Å². The van der Waals surface area contributed by atoms with Crippen LogP contribution in [0.25, 0.3) is 0 Å². The first-order valence-corrected chi connectivity index (χ1v) is 5.08. The molecule has 1 aliphatic rings. The zero-order chi connectivity index (χ0) is 11.4. The van der Waals surface area contributed by atoms with Crippen LogP contribution < -0.4 is 5.73 Å². The lowest BCUT2D eigenvalue weighted by atomic mass is 10.1. The number of ether oxygens (including phenoxy) is 2. The van der Waals surface area contributed by atoms with Gasteiger partial charge in [0.2, 0.25) is 0 Å². The summed E-state index contributed by atoms with van der Waals surface area (Å²) >= 11 is 0. The van der Waals surface area contributed by atoms with Gasteiger partial charge in [0.1, 0.15) is 0 Å². The van der Waals surface area contributed by atoms with E-state index in [4.69, 9.17) is 15.2 Å². The van der Waals surface area contributed by atoms with E-state index in [9.17, 15) is 4.79 Å². The fourth-order valence-electron chi connectivity index (χ4n) is 1.48. The fourth-order valence-corrected chi connectivity index (χ4v) is 1.48. The summed E-state index contributed by atoms with van der Waals surface area (Å²) < 4.78 is 10.3. The molecule has 1 saturated heterocycles. The van der Waals surface area contributed by atoms with E-state index in [2.05, 4.69) is 9.97 Å². The van der Waals surface area contributed by atoms with Gasteiger partial charge in [0.15, 0.2) is 11.5 Å². The van der Waals surface area contributed by atoms with E-state index >= 15 is 0 Å². The molecule has 1 aromatic heterocycles. The Morgan fingerprint density at radius 2 is 2.38 bits per heavy atom. The van der Waals surface area contributed by atoms with Crippen molar-refractivity contribution in [1.29, 1.82) is 0 Å². The summed E-state index contributed by atoms with van der Waals surface area (Å²) in [5.41, 5.74) is 5.58. The van der Waals surface area contributed by atoms with E-state index in [1.165, 1.54) is 12.4 Å². The molecule has 0 amide bonds. The van der Waals surface area contributed by atoms with Crippen LogP contribution >= 0.6 is 0 Å².